The molecule has 1 aliphatic heterocycles. The number of imide groups is 1. The van der Waals surface area contributed by atoms with E-state index in [1.807, 2.05) is 6.92 Å². The molecule has 1 spiro atoms. The Morgan fingerprint density at radius 2 is 1.88 bits per heavy atom. The van der Waals surface area contributed by atoms with E-state index in [-0.39, 0.29) is 37.2 Å². The number of nitrogens with zero attached hydrogens (tertiary/aromatic N) is 2. The molecule has 0 aromatic carbocycles. The molecule has 0 bridgehead atoms. The first kappa shape index (κ1) is 19.2. The normalized spacial score (nSPS) is 19.0. The number of carbonyl (C=O) groups excluding carboxylic acids is 4. The van der Waals surface area contributed by atoms with Gasteiger partial charge < -0.3 is 15.5 Å². The van der Waals surface area contributed by atoms with Crippen LogP contribution in [-0.4, -0.2) is 65.3 Å². The number of amides is 5. The predicted molar refractivity (Wildman–Crippen MR) is 91.6 cm³/mol. The maximum Gasteiger partial charge on any atom is 0.325 e. The van der Waals surface area contributed by atoms with Gasteiger partial charge in [-0.3, -0.25) is 19.3 Å². The molecule has 25 heavy (non-hydrogen) atoms. The summed E-state index contributed by atoms with van der Waals surface area (Å²) in [5.41, 5.74) is -0.760. The molecule has 2 fully saturated rings. The zero-order valence-corrected chi connectivity index (χ0v) is 15.1. The molecule has 2 rings (SSSR count). The van der Waals surface area contributed by atoms with Crippen LogP contribution in [0.4, 0.5) is 4.79 Å². The van der Waals surface area contributed by atoms with Crippen LogP contribution >= 0.6 is 0 Å². The molecule has 5 amide bonds. The fraction of sp³-hybridized carbons (Fsp3) is 0.765. The Morgan fingerprint density at radius 1 is 1.20 bits per heavy atom. The highest BCUT2D eigenvalue weighted by Gasteiger charge is 2.51. The van der Waals surface area contributed by atoms with E-state index in [1.54, 1.807) is 6.92 Å². The van der Waals surface area contributed by atoms with E-state index < -0.39 is 11.6 Å². The molecule has 0 atom stereocenters. The molecule has 0 radical (unpaired) electrons. The van der Waals surface area contributed by atoms with E-state index in [4.69, 9.17) is 0 Å². The van der Waals surface area contributed by atoms with Gasteiger partial charge in [-0.05, 0) is 26.7 Å². The van der Waals surface area contributed by atoms with Crippen LogP contribution in [0, 0.1) is 0 Å². The van der Waals surface area contributed by atoms with Gasteiger partial charge in [-0.2, -0.15) is 0 Å². The van der Waals surface area contributed by atoms with Gasteiger partial charge in [0.25, 0.3) is 5.91 Å². The monoisotopic (exact) mass is 352 g/mol. The lowest BCUT2D eigenvalue weighted by Gasteiger charge is -2.30. The first-order chi connectivity index (χ1) is 11.9. The maximum absolute atomic E-state index is 12.7. The maximum atomic E-state index is 12.7. The highest BCUT2D eigenvalue weighted by atomic mass is 16.2. The molecule has 0 unspecified atom stereocenters. The summed E-state index contributed by atoms with van der Waals surface area (Å²) >= 11 is 0. The third kappa shape index (κ3) is 4.29. The minimum absolute atomic E-state index is 0.00669. The second kappa shape index (κ2) is 8.31. The summed E-state index contributed by atoms with van der Waals surface area (Å²) in [4.78, 5) is 51.4. The SMILES string of the molecule is CCNC(=O)CN(CC)C(=O)CCN1C(=O)NC2(CCCCC2)C1=O. The summed E-state index contributed by atoms with van der Waals surface area (Å²) in [6.45, 7) is 4.57. The standard InChI is InChI=1S/C17H28N4O4/c1-3-18-13(22)12-20(4-2)14(23)8-11-21-15(24)17(19-16(21)25)9-6-5-7-10-17/h3-12H2,1-2H3,(H,18,22)(H,19,25). The largest absolute Gasteiger partial charge is 0.355 e. The Morgan fingerprint density at radius 3 is 2.48 bits per heavy atom. The van der Waals surface area contributed by atoms with Gasteiger partial charge >= 0.3 is 6.03 Å². The number of hydrogen-bond donors (Lipinski definition) is 2. The molecule has 0 aromatic rings. The van der Waals surface area contributed by atoms with Crippen LogP contribution in [0.5, 0.6) is 0 Å². The van der Waals surface area contributed by atoms with E-state index in [0.29, 0.717) is 25.9 Å². The Balaban J connectivity index is 1.91. The lowest BCUT2D eigenvalue weighted by atomic mass is 9.82. The Bertz CT molecular complexity index is 543. The fourth-order valence-corrected chi connectivity index (χ4v) is 3.54. The quantitative estimate of drug-likeness (QED) is 0.656. The molecule has 1 aliphatic carbocycles. The van der Waals surface area contributed by atoms with Gasteiger partial charge in [-0.25, -0.2) is 4.79 Å². The van der Waals surface area contributed by atoms with Crippen LogP contribution in [0.15, 0.2) is 0 Å². The minimum atomic E-state index is -0.760. The third-order valence-corrected chi connectivity index (χ3v) is 4.95. The summed E-state index contributed by atoms with van der Waals surface area (Å²) in [6.07, 6.45) is 4.29. The van der Waals surface area contributed by atoms with Crippen molar-refractivity contribution in [2.75, 3.05) is 26.2 Å². The number of carbonyl (C=O) groups is 4. The van der Waals surface area contributed by atoms with Crippen molar-refractivity contribution in [3.63, 3.8) is 0 Å². The van der Waals surface area contributed by atoms with Crippen molar-refractivity contribution in [2.24, 2.45) is 0 Å². The lowest BCUT2D eigenvalue weighted by Crippen LogP contribution is -2.48. The first-order valence-corrected chi connectivity index (χ1v) is 9.12. The Hall–Kier alpha value is -2.12. The molecule has 140 valence electrons. The molecule has 2 aliphatic rings. The van der Waals surface area contributed by atoms with E-state index in [1.165, 1.54) is 4.90 Å². The van der Waals surface area contributed by atoms with Gasteiger partial charge in [0.2, 0.25) is 11.8 Å². The summed E-state index contributed by atoms with van der Waals surface area (Å²) < 4.78 is 0. The number of urea groups is 1. The fourth-order valence-electron chi connectivity index (χ4n) is 3.54. The van der Waals surface area contributed by atoms with E-state index in [2.05, 4.69) is 10.6 Å². The molecule has 1 heterocycles. The number of hydrogen-bond acceptors (Lipinski definition) is 4. The number of nitrogens with one attached hydrogen (secondary N) is 2. The molecule has 8 nitrogen and oxygen atoms in total. The lowest BCUT2D eigenvalue weighted by molar-refractivity contribution is -0.137. The summed E-state index contributed by atoms with van der Waals surface area (Å²) in [5.74, 6) is -0.662. The Labute approximate surface area is 148 Å². The summed E-state index contributed by atoms with van der Waals surface area (Å²) in [5, 5.41) is 5.49. The van der Waals surface area contributed by atoms with Gasteiger partial charge in [0, 0.05) is 26.1 Å². The second-order valence-corrected chi connectivity index (χ2v) is 6.64. The van der Waals surface area contributed by atoms with Crippen LogP contribution < -0.4 is 10.6 Å². The van der Waals surface area contributed by atoms with Crippen molar-refractivity contribution in [2.45, 2.75) is 57.9 Å². The van der Waals surface area contributed by atoms with Gasteiger partial charge in [0.15, 0.2) is 0 Å². The van der Waals surface area contributed by atoms with Crippen molar-refractivity contribution >= 4 is 23.8 Å². The van der Waals surface area contributed by atoms with Crippen molar-refractivity contribution in [3.8, 4) is 0 Å². The van der Waals surface area contributed by atoms with Gasteiger partial charge in [-0.15, -0.1) is 0 Å². The van der Waals surface area contributed by atoms with E-state index in [0.717, 1.165) is 24.2 Å². The molecule has 0 aromatic heterocycles. The molecular formula is C17H28N4O4. The minimum Gasteiger partial charge on any atom is -0.355 e. The van der Waals surface area contributed by atoms with E-state index >= 15 is 0 Å². The molecule has 1 saturated heterocycles. The van der Waals surface area contributed by atoms with Crippen LogP contribution in [0.2, 0.25) is 0 Å². The molecule has 2 N–H and O–H groups in total. The van der Waals surface area contributed by atoms with Gasteiger partial charge in [0.1, 0.15) is 5.54 Å². The molecule has 1 saturated carbocycles. The van der Waals surface area contributed by atoms with Crippen LogP contribution in [-0.2, 0) is 14.4 Å². The Kier molecular flexibility index (Phi) is 6.39. The molecule has 8 heteroatoms. The smallest absolute Gasteiger partial charge is 0.325 e. The second-order valence-electron chi connectivity index (χ2n) is 6.64. The van der Waals surface area contributed by atoms with Crippen LogP contribution in [0.25, 0.3) is 0 Å². The first-order valence-electron chi connectivity index (χ1n) is 9.12. The predicted octanol–water partition coefficient (Wildman–Crippen LogP) is 0.616. The third-order valence-electron chi connectivity index (χ3n) is 4.95. The van der Waals surface area contributed by atoms with E-state index in [9.17, 15) is 19.2 Å². The van der Waals surface area contributed by atoms with Crippen LogP contribution in [0.1, 0.15) is 52.4 Å². The zero-order valence-electron chi connectivity index (χ0n) is 15.1. The highest BCUT2D eigenvalue weighted by Crippen LogP contribution is 2.33. The van der Waals surface area contributed by atoms with Crippen molar-refractivity contribution in [1.29, 1.82) is 0 Å². The van der Waals surface area contributed by atoms with Crippen LogP contribution in [0.3, 0.4) is 0 Å². The zero-order chi connectivity index (χ0) is 18.4. The average Bonchev–Trinajstić information content (AvgIpc) is 2.81. The average molecular weight is 352 g/mol. The van der Waals surface area contributed by atoms with Gasteiger partial charge in [0.05, 0.1) is 6.54 Å². The van der Waals surface area contributed by atoms with Crippen molar-refractivity contribution in [1.82, 2.24) is 20.4 Å². The number of rotatable bonds is 7. The van der Waals surface area contributed by atoms with Crippen molar-refractivity contribution < 1.29 is 19.2 Å². The van der Waals surface area contributed by atoms with Crippen molar-refractivity contribution in [3.05, 3.63) is 0 Å². The summed E-state index contributed by atoms with van der Waals surface area (Å²) in [6, 6.07) is -0.411. The topological polar surface area (TPSA) is 98.8 Å². The highest BCUT2D eigenvalue weighted by molar-refractivity contribution is 6.07. The van der Waals surface area contributed by atoms with Gasteiger partial charge in [-0.1, -0.05) is 19.3 Å². The summed E-state index contributed by atoms with van der Waals surface area (Å²) in [7, 11) is 0. The molecular weight excluding hydrogens is 324 g/mol. The number of likely N-dealkylation sites (N-methyl/N-ethyl adjacent to an activating group) is 2.